The summed E-state index contributed by atoms with van der Waals surface area (Å²) < 4.78 is 5.42. The molecule has 1 fully saturated rings. The summed E-state index contributed by atoms with van der Waals surface area (Å²) in [6.07, 6.45) is 2.00. The molecule has 0 bridgehead atoms. The summed E-state index contributed by atoms with van der Waals surface area (Å²) in [6.45, 7) is 1.23. The third kappa shape index (κ3) is 4.48. The van der Waals surface area contributed by atoms with E-state index in [1.165, 1.54) is 0 Å². The Balaban J connectivity index is 1.43. The molecule has 1 aliphatic heterocycles. The predicted octanol–water partition coefficient (Wildman–Crippen LogP) is 5.35. The van der Waals surface area contributed by atoms with Crippen molar-refractivity contribution in [3.8, 4) is 22.4 Å². The maximum Gasteiger partial charge on any atom is 0.339 e. The predicted molar refractivity (Wildman–Crippen MR) is 129 cm³/mol. The Morgan fingerprint density at radius 1 is 0.788 bits per heavy atom. The van der Waals surface area contributed by atoms with Gasteiger partial charge in [-0.25, -0.2) is 9.78 Å². The molecule has 0 spiro atoms. The molecule has 0 unspecified atom stereocenters. The number of benzene rings is 3. The van der Waals surface area contributed by atoms with Gasteiger partial charge in [0.25, 0.3) is 5.91 Å². The maximum atomic E-state index is 13.0. The number of amides is 1. The summed E-state index contributed by atoms with van der Waals surface area (Å²) in [7, 11) is 0. The number of rotatable bonds is 5. The topological polar surface area (TPSA) is 59.5 Å². The van der Waals surface area contributed by atoms with Crippen LogP contribution in [0, 0.1) is 0 Å². The monoisotopic (exact) mass is 436 g/mol. The van der Waals surface area contributed by atoms with E-state index in [0.29, 0.717) is 22.2 Å². The molecule has 0 saturated carbocycles. The summed E-state index contributed by atoms with van der Waals surface area (Å²) in [5.41, 5.74) is 4.97. The third-order valence-electron chi connectivity index (χ3n) is 6.01. The molecular weight excluding hydrogens is 412 g/mol. The van der Waals surface area contributed by atoms with Gasteiger partial charge in [-0.2, -0.15) is 0 Å². The van der Waals surface area contributed by atoms with Crippen molar-refractivity contribution in [3.05, 3.63) is 90.5 Å². The fourth-order valence-corrected chi connectivity index (χ4v) is 4.22. The quantitative estimate of drug-likeness (QED) is 0.396. The lowest BCUT2D eigenvalue weighted by atomic mass is 10.0. The molecule has 1 saturated heterocycles. The van der Waals surface area contributed by atoms with E-state index >= 15 is 0 Å². The molecule has 0 atom stereocenters. The molecule has 3 aromatic carbocycles. The molecule has 5 heteroatoms. The van der Waals surface area contributed by atoms with E-state index < -0.39 is 5.97 Å². The van der Waals surface area contributed by atoms with Gasteiger partial charge >= 0.3 is 5.97 Å². The number of likely N-dealkylation sites (tertiary alicyclic amines) is 1. The van der Waals surface area contributed by atoms with Gasteiger partial charge in [-0.05, 0) is 36.1 Å². The van der Waals surface area contributed by atoms with Crippen LogP contribution in [0.15, 0.2) is 84.9 Å². The van der Waals surface area contributed by atoms with Gasteiger partial charge in [-0.3, -0.25) is 4.79 Å². The largest absolute Gasteiger partial charge is 0.452 e. The Morgan fingerprint density at radius 2 is 1.42 bits per heavy atom. The van der Waals surface area contributed by atoms with Crippen LogP contribution in [0.5, 0.6) is 0 Å². The molecule has 0 radical (unpaired) electrons. The third-order valence-corrected chi connectivity index (χ3v) is 6.01. The number of nitrogens with zero attached hydrogens (tertiary/aromatic N) is 2. The highest BCUT2D eigenvalue weighted by Gasteiger charge is 2.21. The molecule has 2 heterocycles. The zero-order valence-electron chi connectivity index (χ0n) is 18.2. The minimum absolute atomic E-state index is 0.143. The number of fused-ring (bicyclic) bond motifs is 1. The number of hydrogen-bond acceptors (Lipinski definition) is 4. The van der Waals surface area contributed by atoms with Crippen molar-refractivity contribution in [2.75, 3.05) is 19.7 Å². The van der Waals surface area contributed by atoms with Crippen LogP contribution in [0.1, 0.15) is 23.2 Å². The van der Waals surface area contributed by atoms with Gasteiger partial charge in [0.05, 0.1) is 16.8 Å². The normalized spacial score (nSPS) is 13.3. The summed E-state index contributed by atoms with van der Waals surface area (Å²) >= 11 is 0. The van der Waals surface area contributed by atoms with Gasteiger partial charge in [0.1, 0.15) is 0 Å². The van der Waals surface area contributed by atoms with Crippen LogP contribution in [0.4, 0.5) is 0 Å². The van der Waals surface area contributed by atoms with Crippen molar-refractivity contribution in [1.29, 1.82) is 0 Å². The Kier molecular flexibility index (Phi) is 5.85. The van der Waals surface area contributed by atoms with Crippen LogP contribution in [-0.4, -0.2) is 41.5 Å². The van der Waals surface area contributed by atoms with Gasteiger partial charge in [0.2, 0.25) is 0 Å². The Morgan fingerprint density at radius 3 is 2.18 bits per heavy atom. The van der Waals surface area contributed by atoms with Gasteiger partial charge < -0.3 is 9.64 Å². The summed E-state index contributed by atoms with van der Waals surface area (Å²) in [5.74, 6) is -0.653. The maximum absolute atomic E-state index is 13.0. The average Bonchev–Trinajstić information content (AvgIpc) is 3.42. The first kappa shape index (κ1) is 20.9. The van der Waals surface area contributed by atoms with E-state index in [2.05, 4.69) is 12.1 Å². The van der Waals surface area contributed by atoms with Crippen molar-refractivity contribution in [2.45, 2.75) is 12.8 Å². The molecule has 0 N–H and O–H groups in total. The van der Waals surface area contributed by atoms with Crippen LogP contribution in [0.3, 0.4) is 0 Å². The van der Waals surface area contributed by atoms with E-state index in [9.17, 15) is 9.59 Å². The second-order valence-corrected chi connectivity index (χ2v) is 8.18. The standard InChI is InChI=1S/C28H24N2O3/c31-27(30-16-6-7-17-30)19-33-28(32)24-18-26(29-25-11-5-4-10-23(24)25)22-14-12-21(13-15-22)20-8-2-1-3-9-20/h1-5,8-15,18H,6-7,16-17,19H2. The molecule has 1 amide bonds. The minimum Gasteiger partial charge on any atom is -0.452 e. The van der Waals surface area contributed by atoms with Crippen molar-refractivity contribution in [2.24, 2.45) is 0 Å². The molecule has 33 heavy (non-hydrogen) atoms. The molecule has 5 nitrogen and oxygen atoms in total. The number of pyridine rings is 1. The lowest BCUT2D eigenvalue weighted by Gasteiger charge is -2.15. The first-order chi connectivity index (χ1) is 16.2. The number of carbonyl (C=O) groups excluding carboxylic acids is 2. The van der Waals surface area contributed by atoms with Crippen molar-refractivity contribution >= 4 is 22.8 Å². The van der Waals surface area contributed by atoms with Crippen LogP contribution >= 0.6 is 0 Å². The highest BCUT2D eigenvalue weighted by molar-refractivity contribution is 6.05. The Labute approximate surface area is 192 Å². The number of hydrogen-bond donors (Lipinski definition) is 0. The van der Waals surface area contributed by atoms with Gasteiger partial charge in [-0.15, -0.1) is 0 Å². The minimum atomic E-state index is -0.511. The Hall–Kier alpha value is -3.99. The van der Waals surface area contributed by atoms with Crippen molar-refractivity contribution in [1.82, 2.24) is 9.88 Å². The van der Waals surface area contributed by atoms with Crippen LogP contribution in [-0.2, 0) is 9.53 Å². The SMILES string of the molecule is O=C(OCC(=O)N1CCCC1)c1cc(-c2ccc(-c3ccccc3)cc2)nc2ccccc12. The second-order valence-electron chi connectivity index (χ2n) is 8.18. The molecule has 5 rings (SSSR count). The molecule has 1 aromatic heterocycles. The van der Waals surface area contributed by atoms with Gasteiger partial charge in [0, 0.05) is 24.0 Å². The number of ether oxygens (including phenoxy) is 1. The van der Waals surface area contributed by atoms with Crippen molar-refractivity contribution in [3.63, 3.8) is 0 Å². The average molecular weight is 437 g/mol. The van der Waals surface area contributed by atoms with Crippen LogP contribution in [0.25, 0.3) is 33.3 Å². The molecule has 1 aliphatic rings. The van der Waals surface area contributed by atoms with E-state index in [-0.39, 0.29) is 12.5 Å². The summed E-state index contributed by atoms with van der Waals surface area (Å²) in [4.78, 5) is 31.8. The first-order valence-electron chi connectivity index (χ1n) is 11.2. The molecule has 164 valence electrons. The zero-order chi connectivity index (χ0) is 22.6. The van der Waals surface area contributed by atoms with Gasteiger partial charge in [0.15, 0.2) is 6.61 Å². The van der Waals surface area contributed by atoms with Gasteiger partial charge in [-0.1, -0.05) is 72.8 Å². The fourth-order valence-electron chi connectivity index (χ4n) is 4.22. The number of aromatic nitrogens is 1. The molecule has 4 aromatic rings. The Bertz CT molecular complexity index is 1290. The summed E-state index contributed by atoms with van der Waals surface area (Å²) in [5, 5.41) is 0.709. The number of para-hydroxylation sites is 1. The van der Waals surface area contributed by atoms with Crippen LogP contribution < -0.4 is 0 Å². The highest BCUT2D eigenvalue weighted by atomic mass is 16.5. The highest BCUT2D eigenvalue weighted by Crippen LogP contribution is 2.28. The first-order valence-corrected chi connectivity index (χ1v) is 11.2. The molecule has 0 aliphatic carbocycles. The number of carbonyl (C=O) groups is 2. The van der Waals surface area contributed by atoms with E-state index in [1.54, 1.807) is 11.0 Å². The fraction of sp³-hybridized carbons (Fsp3) is 0.179. The van der Waals surface area contributed by atoms with Crippen molar-refractivity contribution < 1.29 is 14.3 Å². The second kappa shape index (κ2) is 9.25. The van der Waals surface area contributed by atoms with E-state index in [4.69, 9.17) is 9.72 Å². The molecular formula is C28H24N2O3. The zero-order valence-corrected chi connectivity index (χ0v) is 18.2. The van der Waals surface area contributed by atoms with E-state index in [1.807, 2.05) is 66.7 Å². The summed E-state index contributed by atoms with van der Waals surface area (Å²) in [6, 6.07) is 27.5. The lowest BCUT2D eigenvalue weighted by molar-refractivity contribution is -0.133. The lowest BCUT2D eigenvalue weighted by Crippen LogP contribution is -2.32. The van der Waals surface area contributed by atoms with Crippen LogP contribution in [0.2, 0.25) is 0 Å². The smallest absolute Gasteiger partial charge is 0.339 e. The van der Waals surface area contributed by atoms with E-state index in [0.717, 1.165) is 42.6 Å². The number of esters is 1.